The Labute approximate surface area is 117 Å². The van der Waals surface area contributed by atoms with E-state index in [0.29, 0.717) is 0 Å². The molecule has 0 spiro atoms. The van der Waals surface area contributed by atoms with E-state index in [1.807, 2.05) is 0 Å². The molecule has 0 saturated heterocycles. The Morgan fingerprint density at radius 2 is 2.12 bits per heavy atom. The maximum absolute atomic E-state index is 6.20. The third-order valence-electron chi connectivity index (χ3n) is 3.24. The van der Waals surface area contributed by atoms with Gasteiger partial charge >= 0.3 is 0 Å². The van der Waals surface area contributed by atoms with Gasteiger partial charge in [-0.25, -0.2) is 0 Å². The average molecular weight is 314 g/mol. The van der Waals surface area contributed by atoms with Crippen molar-refractivity contribution in [2.24, 2.45) is 5.73 Å². The third-order valence-corrected chi connectivity index (χ3v) is 5.29. The monoisotopic (exact) mass is 313 g/mol. The van der Waals surface area contributed by atoms with Gasteiger partial charge in [-0.15, -0.1) is 0 Å². The molecule has 1 unspecified atom stereocenters. The number of benzene rings is 1. The summed E-state index contributed by atoms with van der Waals surface area (Å²) in [7, 11) is 0. The standard InChI is InChI=1S/C14H20BrNS/c15-12-5-3-4-11(8-12)9-13(16)10-17-14-6-1-2-7-14/h3-5,8,13-14H,1-2,6-7,9-10,16H2. The van der Waals surface area contributed by atoms with Crippen molar-refractivity contribution in [3.05, 3.63) is 34.3 Å². The first-order valence-electron chi connectivity index (χ1n) is 6.35. The van der Waals surface area contributed by atoms with Gasteiger partial charge in [-0.3, -0.25) is 0 Å². The summed E-state index contributed by atoms with van der Waals surface area (Å²) < 4.78 is 1.14. The summed E-state index contributed by atoms with van der Waals surface area (Å²) in [5.41, 5.74) is 7.53. The highest BCUT2D eigenvalue weighted by Crippen LogP contribution is 2.29. The van der Waals surface area contributed by atoms with Crippen LogP contribution in [0.2, 0.25) is 0 Å². The van der Waals surface area contributed by atoms with Crippen LogP contribution in [0.5, 0.6) is 0 Å². The molecule has 1 aliphatic rings. The van der Waals surface area contributed by atoms with Crippen molar-refractivity contribution >= 4 is 27.7 Å². The molecule has 2 rings (SSSR count). The highest BCUT2D eigenvalue weighted by molar-refractivity contribution is 9.10. The highest BCUT2D eigenvalue weighted by Gasteiger charge is 2.16. The molecule has 0 bridgehead atoms. The van der Waals surface area contributed by atoms with Crippen LogP contribution >= 0.6 is 27.7 Å². The Morgan fingerprint density at radius 1 is 1.35 bits per heavy atom. The second-order valence-electron chi connectivity index (χ2n) is 4.83. The summed E-state index contributed by atoms with van der Waals surface area (Å²) in [5, 5.41) is 0.878. The van der Waals surface area contributed by atoms with Crippen LogP contribution < -0.4 is 5.73 Å². The molecule has 1 saturated carbocycles. The van der Waals surface area contributed by atoms with Gasteiger partial charge < -0.3 is 5.73 Å². The molecule has 0 heterocycles. The molecule has 2 N–H and O–H groups in total. The summed E-state index contributed by atoms with van der Waals surface area (Å²) >= 11 is 5.58. The Hall–Kier alpha value is 0.01000. The van der Waals surface area contributed by atoms with Crippen molar-refractivity contribution in [3.63, 3.8) is 0 Å². The molecule has 1 fully saturated rings. The molecular formula is C14H20BrNS. The minimum Gasteiger partial charge on any atom is -0.327 e. The van der Waals surface area contributed by atoms with Crippen molar-refractivity contribution in [3.8, 4) is 0 Å². The van der Waals surface area contributed by atoms with E-state index in [4.69, 9.17) is 5.73 Å². The van der Waals surface area contributed by atoms with Crippen molar-refractivity contribution in [2.45, 2.75) is 43.4 Å². The second kappa shape index (κ2) is 6.81. The lowest BCUT2D eigenvalue weighted by Gasteiger charge is -2.14. The van der Waals surface area contributed by atoms with E-state index in [0.717, 1.165) is 21.9 Å². The zero-order valence-corrected chi connectivity index (χ0v) is 12.5. The number of halogens is 1. The maximum atomic E-state index is 6.20. The maximum Gasteiger partial charge on any atom is 0.0178 e. The first-order chi connectivity index (χ1) is 8.24. The van der Waals surface area contributed by atoms with Gasteiger partial charge in [0.1, 0.15) is 0 Å². The first-order valence-corrected chi connectivity index (χ1v) is 8.20. The van der Waals surface area contributed by atoms with Crippen LogP contribution in [-0.4, -0.2) is 17.0 Å². The number of rotatable bonds is 5. The number of hydrogen-bond acceptors (Lipinski definition) is 2. The van der Waals surface area contributed by atoms with Crippen LogP contribution in [-0.2, 0) is 6.42 Å². The zero-order valence-electron chi connectivity index (χ0n) is 10.1. The Bertz CT molecular complexity index is 350. The second-order valence-corrected chi connectivity index (χ2v) is 7.08. The molecular weight excluding hydrogens is 294 g/mol. The Kier molecular flexibility index (Phi) is 5.39. The Balaban J connectivity index is 1.74. The van der Waals surface area contributed by atoms with E-state index >= 15 is 0 Å². The summed E-state index contributed by atoms with van der Waals surface area (Å²) in [6.45, 7) is 0. The van der Waals surface area contributed by atoms with Crippen LogP contribution in [0.4, 0.5) is 0 Å². The van der Waals surface area contributed by atoms with Crippen LogP contribution in [0.3, 0.4) is 0 Å². The molecule has 94 valence electrons. The van der Waals surface area contributed by atoms with Crippen molar-refractivity contribution in [1.82, 2.24) is 0 Å². The van der Waals surface area contributed by atoms with Gasteiger partial charge in [-0.1, -0.05) is 40.9 Å². The fourth-order valence-corrected chi connectivity index (χ4v) is 4.09. The average Bonchev–Trinajstić information content (AvgIpc) is 2.79. The summed E-state index contributed by atoms with van der Waals surface area (Å²) in [6.07, 6.45) is 6.61. The predicted molar refractivity (Wildman–Crippen MR) is 80.5 cm³/mol. The van der Waals surface area contributed by atoms with Crippen molar-refractivity contribution < 1.29 is 0 Å². The lowest BCUT2D eigenvalue weighted by molar-refractivity contribution is 0.744. The molecule has 1 nitrogen and oxygen atoms in total. The summed E-state index contributed by atoms with van der Waals surface area (Å²) in [5.74, 6) is 1.09. The molecule has 17 heavy (non-hydrogen) atoms. The molecule has 0 amide bonds. The van der Waals surface area contributed by atoms with Gasteiger partial charge in [0.2, 0.25) is 0 Å². The van der Waals surface area contributed by atoms with Gasteiger partial charge in [0.25, 0.3) is 0 Å². The van der Waals surface area contributed by atoms with Crippen LogP contribution in [0.1, 0.15) is 31.2 Å². The fourth-order valence-electron chi connectivity index (χ4n) is 2.34. The SMILES string of the molecule is NC(CSC1CCCC1)Cc1cccc(Br)c1. The molecule has 0 aromatic heterocycles. The van der Waals surface area contributed by atoms with Gasteiger partial charge in [0.05, 0.1) is 0 Å². The molecule has 1 aromatic rings. The summed E-state index contributed by atoms with van der Waals surface area (Å²) in [6, 6.07) is 8.75. The predicted octanol–water partition coefficient (Wildman–Crippen LogP) is 3.99. The number of thioether (sulfide) groups is 1. The normalized spacial score (nSPS) is 18.5. The van der Waals surface area contributed by atoms with Crippen molar-refractivity contribution in [2.75, 3.05) is 5.75 Å². The van der Waals surface area contributed by atoms with E-state index in [9.17, 15) is 0 Å². The molecule has 0 aliphatic heterocycles. The fraction of sp³-hybridized carbons (Fsp3) is 0.571. The smallest absolute Gasteiger partial charge is 0.0178 e. The lowest BCUT2D eigenvalue weighted by atomic mass is 10.1. The van der Waals surface area contributed by atoms with Gasteiger partial charge in [0.15, 0.2) is 0 Å². The third kappa shape index (κ3) is 4.65. The minimum absolute atomic E-state index is 0.287. The molecule has 3 heteroatoms. The topological polar surface area (TPSA) is 26.0 Å². The van der Waals surface area contributed by atoms with Crippen LogP contribution in [0.15, 0.2) is 28.7 Å². The minimum atomic E-state index is 0.287. The molecule has 1 atom stereocenters. The quantitative estimate of drug-likeness (QED) is 0.889. The number of hydrogen-bond donors (Lipinski definition) is 1. The summed E-state index contributed by atoms with van der Waals surface area (Å²) in [4.78, 5) is 0. The van der Waals surface area contributed by atoms with Crippen molar-refractivity contribution in [1.29, 1.82) is 0 Å². The highest BCUT2D eigenvalue weighted by atomic mass is 79.9. The molecule has 1 aliphatic carbocycles. The molecule has 0 radical (unpaired) electrons. The van der Waals surface area contributed by atoms with Crippen LogP contribution in [0.25, 0.3) is 0 Å². The van der Waals surface area contributed by atoms with E-state index in [1.54, 1.807) is 0 Å². The van der Waals surface area contributed by atoms with E-state index < -0.39 is 0 Å². The van der Waals surface area contributed by atoms with E-state index in [-0.39, 0.29) is 6.04 Å². The Morgan fingerprint density at radius 3 is 2.82 bits per heavy atom. The van der Waals surface area contributed by atoms with Crippen LogP contribution in [0, 0.1) is 0 Å². The van der Waals surface area contributed by atoms with Gasteiger partial charge in [-0.05, 0) is 37.0 Å². The number of nitrogens with two attached hydrogens (primary N) is 1. The lowest BCUT2D eigenvalue weighted by Crippen LogP contribution is -2.26. The van der Waals surface area contributed by atoms with E-state index in [2.05, 4.69) is 52.0 Å². The van der Waals surface area contributed by atoms with Gasteiger partial charge in [0, 0.05) is 21.5 Å². The van der Waals surface area contributed by atoms with Gasteiger partial charge in [-0.2, -0.15) is 11.8 Å². The largest absolute Gasteiger partial charge is 0.327 e. The van der Waals surface area contributed by atoms with E-state index in [1.165, 1.54) is 31.2 Å². The zero-order chi connectivity index (χ0) is 12.1. The molecule has 1 aromatic carbocycles. The first kappa shape index (κ1) is 13.4.